The van der Waals surface area contributed by atoms with Crippen LogP contribution in [0.3, 0.4) is 0 Å². The van der Waals surface area contributed by atoms with Gasteiger partial charge in [-0.1, -0.05) is 23.5 Å². The maximum atomic E-state index is 12.7. The van der Waals surface area contributed by atoms with Crippen molar-refractivity contribution >= 4 is 46.8 Å². The highest BCUT2D eigenvalue weighted by molar-refractivity contribution is 8.00. The molecule has 0 saturated heterocycles. The van der Waals surface area contributed by atoms with E-state index in [0.717, 1.165) is 9.79 Å². The first kappa shape index (κ1) is 23.6. The minimum absolute atomic E-state index is 0.224. The first-order chi connectivity index (χ1) is 15.4. The third kappa shape index (κ3) is 5.99. The molecule has 0 saturated carbocycles. The van der Waals surface area contributed by atoms with Crippen LogP contribution in [0.1, 0.15) is 34.6 Å². The van der Waals surface area contributed by atoms with Crippen LogP contribution in [0.15, 0.2) is 80.2 Å². The third-order valence-electron chi connectivity index (χ3n) is 4.29. The monoisotopic (exact) mass is 468 g/mol. The predicted molar refractivity (Wildman–Crippen MR) is 128 cm³/mol. The number of carbonyl (C=O) groups excluding carboxylic acids is 2. The number of hydrogen-bond acceptors (Lipinski definition) is 8. The molecule has 3 rings (SSSR count). The number of anilines is 2. The molecule has 0 atom stereocenters. The van der Waals surface area contributed by atoms with Gasteiger partial charge in [0.2, 0.25) is 0 Å². The molecule has 0 spiro atoms. The summed E-state index contributed by atoms with van der Waals surface area (Å²) in [4.78, 5) is 28.6. The van der Waals surface area contributed by atoms with Gasteiger partial charge in [0.15, 0.2) is 0 Å². The molecule has 3 aromatic carbocycles. The lowest BCUT2D eigenvalue weighted by Gasteiger charge is -2.15. The fraction of sp³-hybridized carbons (Fsp3) is 0.167. The zero-order valence-corrected chi connectivity index (χ0v) is 19.4. The molecule has 8 heteroatoms. The van der Waals surface area contributed by atoms with E-state index < -0.39 is 11.9 Å². The molecule has 0 fully saturated rings. The number of hydrogen-bond donors (Lipinski definition) is 2. The Kier molecular flexibility index (Phi) is 8.08. The van der Waals surface area contributed by atoms with Gasteiger partial charge in [0.05, 0.1) is 24.3 Å². The lowest BCUT2D eigenvalue weighted by Crippen LogP contribution is -2.12. The highest BCUT2D eigenvalue weighted by Gasteiger charge is 2.22. The lowest BCUT2D eigenvalue weighted by molar-refractivity contribution is 0.0520. The summed E-state index contributed by atoms with van der Waals surface area (Å²) in [5, 5.41) is 0. The number of nitrogens with two attached hydrogens (primary N) is 2. The van der Waals surface area contributed by atoms with E-state index in [1.165, 1.54) is 23.5 Å². The normalized spacial score (nSPS) is 10.6. The minimum atomic E-state index is -0.500. The first-order valence-electron chi connectivity index (χ1n) is 10.00. The Bertz CT molecular complexity index is 1020. The first-order valence-corrected chi connectivity index (χ1v) is 11.6. The van der Waals surface area contributed by atoms with Gasteiger partial charge in [-0.25, -0.2) is 9.59 Å². The van der Waals surface area contributed by atoms with Crippen molar-refractivity contribution in [3.8, 4) is 0 Å². The zero-order chi connectivity index (χ0) is 23.1. The summed E-state index contributed by atoms with van der Waals surface area (Å²) in [5.74, 6) is -1.000. The Morgan fingerprint density at radius 3 is 1.41 bits per heavy atom. The number of ether oxygens (including phenoxy) is 2. The van der Waals surface area contributed by atoms with Gasteiger partial charge in [0.1, 0.15) is 0 Å². The number of carbonyl (C=O) groups is 2. The minimum Gasteiger partial charge on any atom is -0.462 e. The molecular formula is C24H24N2O4S2. The van der Waals surface area contributed by atoms with Gasteiger partial charge in [0, 0.05) is 31.0 Å². The second-order valence-corrected chi connectivity index (χ2v) is 8.86. The van der Waals surface area contributed by atoms with Gasteiger partial charge in [0.25, 0.3) is 0 Å². The highest BCUT2D eigenvalue weighted by Crippen LogP contribution is 2.39. The average Bonchev–Trinajstić information content (AvgIpc) is 2.77. The van der Waals surface area contributed by atoms with E-state index in [1.807, 2.05) is 30.3 Å². The summed E-state index contributed by atoms with van der Waals surface area (Å²) >= 11 is 2.79. The van der Waals surface area contributed by atoms with Crippen LogP contribution in [-0.2, 0) is 9.47 Å². The van der Waals surface area contributed by atoms with Crippen LogP contribution < -0.4 is 11.5 Å². The molecule has 0 amide bonds. The molecule has 0 aromatic heterocycles. The van der Waals surface area contributed by atoms with E-state index in [1.54, 1.807) is 44.2 Å². The van der Waals surface area contributed by atoms with Crippen molar-refractivity contribution in [3.05, 3.63) is 71.8 Å². The summed E-state index contributed by atoms with van der Waals surface area (Å²) in [5.41, 5.74) is 13.5. The summed E-state index contributed by atoms with van der Waals surface area (Å²) in [7, 11) is 0. The van der Waals surface area contributed by atoms with Gasteiger partial charge in [-0.2, -0.15) is 0 Å². The fourth-order valence-electron chi connectivity index (χ4n) is 2.79. The molecule has 0 unspecified atom stereocenters. The van der Waals surface area contributed by atoms with Crippen molar-refractivity contribution in [2.24, 2.45) is 0 Å². The topological polar surface area (TPSA) is 105 Å². The Balaban J connectivity index is 2.10. The standard InChI is InChI=1S/C24H24N2O4S2/c1-3-29-23(27)19-13-20(24(28)30-4-2)22(32-18-11-7-16(26)8-12-18)14-21(19)31-17-9-5-15(25)6-10-17/h5-14H,3-4,25-26H2,1-2H3. The molecule has 6 nitrogen and oxygen atoms in total. The summed E-state index contributed by atoms with van der Waals surface area (Å²) in [6.45, 7) is 3.92. The van der Waals surface area contributed by atoms with Gasteiger partial charge in [-0.15, -0.1) is 0 Å². The molecule has 0 aliphatic carbocycles. The largest absolute Gasteiger partial charge is 0.462 e. The van der Waals surface area contributed by atoms with Crippen LogP contribution in [0.25, 0.3) is 0 Å². The summed E-state index contributed by atoms with van der Waals surface area (Å²) in [6, 6.07) is 18.1. The van der Waals surface area contributed by atoms with E-state index in [0.29, 0.717) is 32.3 Å². The van der Waals surface area contributed by atoms with Crippen LogP contribution in [0.2, 0.25) is 0 Å². The zero-order valence-electron chi connectivity index (χ0n) is 17.8. The van der Waals surface area contributed by atoms with Crippen LogP contribution in [-0.4, -0.2) is 25.2 Å². The van der Waals surface area contributed by atoms with Gasteiger partial charge in [-0.3, -0.25) is 0 Å². The van der Waals surface area contributed by atoms with Crippen molar-refractivity contribution in [1.82, 2.24) is 0 Å². The van der Waals surface area contributed by atoms with Crippen LogP contribution in [0.4, 0.5) is 11.4 Å². The Morgan fingerprint density at radius 1 is 0.688 bits per heavy atom. The SMILES string of the molecule is CCOC(=O)c1cc(C(=O)OCC)c(Sc2ccc(N)cc2)cc1Sc1ccc(N)cc1. The molecule has 3 aromatic rings. The van der Waals surface area contributed by atoms with Crippen molar-refractivity contribution in [2.45, 2.75) is 33.4 Å². The number of nitrogen functional groups attached to an aromatic ring is 2. The molecule has 166 valence electrons. The maximum absolute atomic E-state index is 12.7. The molecule has 4 N–H and O–H groups in total. The second-order valence-electron chi connectivity index (χ2n) is 6.63. The molecule has 0 radical (unpaired) electrons. The van der Waals surface area contributed by atoms with Crippen molar-refractivity contribution < 1.29 is 19.1 Å². The number of benzene rings is 3. The quantitative estimate of drug-likeness (QED) is 0.329. The summed E-state index contributed by atoms with van der Waals surface area (Å²) in [6.07, 6.45) is 0. The fourth-order valence-corrected chi connectivity index (χ4v) is 4.78. The third-order valence-corrected chi connectivity index (χ3v) is 6.42. The van der Waals surface area contributed by atoms with E-state index in [9.17, 15) is 9.59 Å². The van der Waals surface area contributed by atoms with Crippen molar-refractivity contribution in [3.63, 3.8) is 0 Å². The van der Waals surface area contributed by atoms with Crippen LogP contribution in [0, 0.1) is 0 Å². The van der Waals surface area contributed by atoms with Gasteiger partial charge < -0.3 is 20.9 Å². The van der Waals surface area contributed by atoms with E-state index >= 15 is 0 Å². The van der Waals surface area contributed by atoms with E-state index in [4.69, 9.17) is 20.9 Å². The highest BCUT2D eigenvalue weighted by atomic mass is 32.2. The summed E-state index contributed by atoms with van der Waals surface area (Å²) < 4.78 is 10.5. The van der Waals surface area contributed by atoms with Gasteiger partial charge in [-0.05, 0) is 74.5 Å². The Hall–Kier alpha value is -3.10. The van der Waals surface area contributed by atoms with Crippen molar-refractivity contribution in [2.75, 3.05) is 24.7 Å². The van der Waals surface area contributed by atoms with Gasteiger partial charge >= 0.3 is 11.9 Å². The van der Waals surface area contributed by atoms with Crippen LogP contribution in [0.5, 0.6) is 0 Å². The lowest BCUT2D eigenvalue weighted by atomic mass is 10.1. The Morgan fingerprint density at radius 2 is 1.06 bits per heavy atom. The Labute approximate surface area is 195 Å². The average molecular weight is 469 g/mol. The molecular weight excluding hydrogens is 444 g/mol. The molecule has 32 heavy (non-hydrogen) atoms. The molecule has 0 heterocycles. The van der Waals surface area contributed by atoms with Crippen molar-refractivity contribution in [1.29, 1.82) is 0 Å². The van der Waals surface area contributed by atoms with E-state index in [-0.39, 0.29) is 13.2 Å². The number of rotatable bonds is 8. The molecule has 0 bridgehead atoms. The number of esters is 2. The predicted octanol–water partition coefficient (Wildman–Crippen LogP) is 5.51. The maximum Gasteiger partial charge on any atom is 0.339 e. The van der Waals surface area contributed by atoms with Crippen LogP contribution >= 0.6 is 23.5 Å². The smallest absolute Gasteiger partial charge is 0.339 e. The van der Waals surface area contributed by atoms with E-state index in [2.05, 4.69) is 0 Å². The second kappa shape index (κ2) is 11.0. The molecule has 0 aliphatic rings. The molecule has 0 aliphatic heterocycles.